The van der Waals surface area contributed by atoms with Crippen molar-refractivity contribution in [2.45, 2.75) is 57.0 Å². The van der Waals surface area contributed by atoms with Crippen molar-refractivity contribution in [1.29, 1.82) is 0 Å². The molecule has 3 heteroatoms. The largest absolute Gasteiger partial charge is 0.378 e. The highest BCUT2D eigenvalue weighted by atomic mass is 16.5. The van der Waals surface area contributed by atoms with Gasteiger partial charge in [-0.3, -0.25) is 4.79 Å². The summed E-state index contributed by atoms with van der Waals surface area (Å²) in [6.45, 7) is 1.59. The second-order valence-corrected chi connectivity index (χ2v) is 6.09. The predicted molar refractivity (Wildman–Crippen MR) is 65.8 cm³/mol. The average molecular weight is 237 g/mol. The van der Waals surface area contributed by atoms with Gasteiger partial charge in [0, 0.05) is 24.4 Å². The lowest BCUT2D eigenvalue weighted by atomic mass is 9.81. The number of hydrogen-bond donors (Lipinski definition) is 1. The second kappa shape index (κ2) is 5.07. The maximum absolute atomic E-state index is 12.3. The molecule has 2 atom stereocenters. The second-order valence-electron chi connectivity index (χ2n) is 6.09. The Kier molecular flexibility index (Phi) is 3.48. The third kappa shape index (κ3) is 2.71. The lowest BCUT2D eigenvalue weighted by Crippen LogP contribution is -2.55. The van der Waals surface area contributed by atoms with Gasteiger partial charge >= 0.3 is 0 Å². The number of carbonyl (C=O) groups excluding carboxylic acids is 1. The molecule has 17 heavy (non-hydrogen) atoms. The molecule has 0 aromatic heterocycles. The zero-order valence-electron chi connectivity index (χ0n) is 10.5. The third-order valence-electron chi connectivity index (χ3n) is 4.67. The molecule has 2 unspecified atom stereocenters. The molecule has 1 aliphatic carbocycles. The Morgan fingerprint density at radius 3 is 2.41 bits per heavy atom. The average Bonchev–Trinajstić information content (AvgIpc) is 2.81. The van der Waals surface area contributed by atoms with Crippen molar-refractivity contribution in [3.8, 4) is 0 Å². The van der Waals surface area contributed by atoms with Crippen LogP contribution in [0.5, 0.6) is 0 Å². The number of fused-ring (bicyclic) bond motifs is 2. The third-order valence-corrected chi connectivity index (χ3v) is 4.67. The van der Waals surface area contributed by atoms with Gasteiger partial charge < -0.3 is 10.1 Å². The van der Waals surface area contributed by atoms with E-state index in [0.29, 0.717) is 29.7 Å². The van der Waals surface area contributed by atoms with Gasteiger partial charge in [0.15, 0.2) is 0 Å². The molecule has 0 amide bonds. The Morgan fingerprint density at radius 2 is 1.76 bits per heavy atom. The van der Waals surface area contributed by atoms with E-state index < -0.39 is 0 Å². The van der Waals surface area contributed by atoms with Crippen molar-refractivity contribution >= 4 is 5.78 Å². The van der Waals surface area contributed by atoms with Crippen molar-refractivity contribution < 1.29 is 9.53 Å². The van der Waals surface area contributed by atoms with E-state index in [1.807, 2.05) is 0 Å². The van der Waals surface area contributed by atoms with Gasteiger partial charge in [0.2, 0.25) is 0 Å². The number of rotatable bonds is 3. The number of Topliss-reactive ketones (excluding diaryl/α,β-unsaturated/α-hetero) is 1. The van der Waals surface area contributed by atoms with Crippen molar-refractivity contribution in [3.05, 3.63) is 0 Å². The summed E-state index contributed by atoms with van der Waals surface area (Å²) < 4.78 is 5.52. The Bertz CT molecular complexity index is 274. The standard InChI is InChI=1S/C14H23NO2/c16-14(5-10-3-1-2-4-10)11-6-12-8-17-9-13(7-11)15-12/h10-13,15H,1-9H2. The predicted octanol–water partition coefficient (Wildman–Crippen LogP) is 1.90. The lowest BCUT2D eigenvalue weighted by Gasteiger charge is -2.39. The molecule has 3 rings (SSSR count). The summed E-state index contributed by atoms with van der Waals surface area (Å²) in [7, 11) is 0. The minimum atomic E-state index is 0.316. The fourth-order valence-corrected chi connectivity index (χ4v) is 3.77. The first-order valence-corrected chi connectivity index (χ1v) is 7.18. The van der Waals surface area contributed by atoms with Crippen LogP contribution in [0.4, 0.5) is 0 Å². The SMILES string of the molecule is O=C(CC1CCCC1)C1CC2COCC(C1)N2. The summed E-state index contributed by atoms with van der Waals surface area (Å²) >= 11 is 0. The van der Waals surface area contributed by atoms with Crippen LogP contribution in [0.2, 0.25) is 0 Å². The van der Waals surface area contributed by atoms with E-state index >= 15 is 0 Å². The van der Waals surface area contributed by atoms with Crippen LogP contribution in [-0.2, 0) is 9.53 Å². The number of ether oxygens (including phenoxy) is 1. The van der Waals surface area contributed by atoms with E-state index in [0.717, 1.165) is 32.5 Å². The van der Waals surface area contributed by atoms with Crippen LogP contribution in [0.15, 0.2) is 0 Å². The smallest absolute Gasteiger partial charge is 0.136 e. The van der Waals surface area contributed by atoms with Gasteiger partial charge in [-0.2, -0.15) is 0 Å². The monoisotopic (exact) mass is 237 g/mol. The van der Waals surface area contributed by atoms with Gasteiger partial charge in [-0.25, -0.2) is 0 Å². The normalized spacial score (nSPS) is 38.2. The molecule has 96 valence electrons. The molecule has 1 N–H and O–H groups in total. The molecule has 0 aromatic carbocycles. The van der Waals surface area contributed by atoms with Crippen LogP contribution in [0.25, 0.3) is 0 Å². The van der Waals surface area contributed by atoms with Crippen LogP contribution >= 0.6 is 0 Å². The zero-order chi connectivity index (χ0) is 11.7. The molecule has 2 heterocycles. The van der Waals surface area contributed by atoms with E-state index in [1.54, 1.807) is 0 Å². The fourth-order valence-electron chi connectivity index (χ4n) is 3.77. The van der Waals surface area contributed by atoms with E-state index in [9.17, 15) is 4.79 Å². The summed E-state index contributed by atoms with van der Waals surface area (Å²) in [6.07, 6.45) is 8.10. The van der Waals surface area contributed by atoms with Crippen LogP contribution in [0.1, 0.15) is 44.9 Å². The first-order valence-electron chi connectivity index (χ1n) is 7.18. The van der Waals surface area contributed by atoms with Crippen molar-refractivity contribution in [1.82, 2.24) is 5.32 Å². The van der Waals surface area contributed by atoms with Gasteiger partial charge in [0.1, 0.15) is 5.78 Å². The summed E-state index contributed by atoms with van der Waals surface area (Å²) in [5.74, 6) is 1.56. The van der Waals surface area contributed by atoms with E-state index in [4.69, 9.17) is 4.74 Å². The molecule has 1 saturated carbocycles. The van der Waals surface area contributed by atoms with Gasteiger partial charge in [-0.05, 0) is 18.8 Å². The Labute approximate surface area is 103 Å². The number of piperidine rings is 1. The molecule has 3 nitrogen and oxygen atoms in total. The molecule has 3 aliphatic rings. The highest BCUT2D eigenvalue weighted by Gasteiger charge is 2.35. The molecule has 3 fully saturated rings. The van der Waals surface area contributed by atoms with Gasteiger partial charge in [0.05, 0.1) is 13.2 Å². The maximum Gasteiger partial charge on any atom is 0.136 e. The number of ketones is 1. The Balaban J connectivity index is 1.54. The minimum absolute atomic E-state index is 0.316. The first kappa shape index (κ1) is 11.7. The number of hydrogen-bond acceptors (Lipinski definition) is 3. The Morgan fingerprint density at radius 1 is 1.12 bits per heavy atom. The Hall–Kier alpha value is -0.410. The summed E-state index contributed by atoms with van der Waals surface area (Å²) in [5.41, 5.74) is 0. The van der Waals surface area contributed by atoms with Gasteiger partial charge in [0.25, 0.3) is 0 Å². The number of nitrogens with one attached hydrogen (secondary N) is 1. The molecule has 0 radical (unpaired) electrons. The quantitative estimate of drug-likeness (QED) is 0.815. The zero-order valence-corrected chi connectivity index (χ0v) is 10.5. The van der Waals surface area contributed by atoms with E-state index in [-0.39, 0.29) is 0 Å². The van der Waals surface area contributed by atoms with E-state index in [2.05, 4.69) is 5.32 Å². The van der Waals surface area contributed by atoms with E-state index in [1.165, 1.54) is 25.7 Å². The van der Waals surface area contributed by atoms with Crippen LogP contribution in [0, 0.1) is 11.8 Å². The van der Waals surface area contributed by atoms with Crippen molar-refractivity contribution in [2.75, 3.05) is 13.2 Å². The van der Waals surface area contributed by atoms with Crippen LogP contribution in [0.3, 0.4) is 0 Å². The fraction of sp³-hybridized carbons (Fsp3) is 0.929. The molecule has 2 aliphatic heterocycles. The number of carbonyl (C=O) groups is 1. The van der Waals surface area contributed by atoms with Gasteiger partial charge in [-0.1, -0.05) is 25.7 Å². The lowest BCUT2D eigenvalue weighted by molar-refractivity contribution is -0.126. The topological polar surface area (TPSA) is 38.3 Å². The molecule has 2 saturated heterocycles. The minimum Gasteiger partial charge on any atom is -0.378 e. The van der Waals surface area contributed by atoms with Crippen molar-refractivity contribution in [3.63, 3.8) is 0 Å². The van der Waals surface area contributed by atoms with Gasteiger partial charge in [-0.15, -0.1) is 0 Å². The highest BCUT2D eigenvalue weighted by Crippen LogP contribution is 2.32. The molecular weight excluding hydrogens is 214 g/mol. The number of morpholine rings is 1. The molecular formula is C14H23NO2. The van der Waals surface area contributed by atoms with Crippen LogP contribution < -0.4 is 5.32 Å². The van der Waals surface area contributed by atoms with Crippen molar-refractivity contribution in [2.24, 2.45) is 11.8 Å². The molecule has 0 aromatic rings. The maximum atomic E-state index is 12.3. The first-order chi connectivity index (χ1) is 8.31. The molecule has 0 spiro atoms. The highest BCUT2D eigenvalue weighted by molar-refractivity contribution is 5.81. The molecule has 2 bridgehead atoms. The summed E-state index contributed by atoms with van der Waals surface area (Å²) in [5, 5.41) is 3.55. The van der Waals surface area contributed by atoms with Crippen LogP contribution in [-0.4, -0.2) is 31.1 Å². The summed E-state index contributed by atoms with van der Waals surface area (Å²) in [6, 6.07) is 0.861. The summed E-state index contributed by atoms with van der Waals surface area (Å²) in [4.78, 5) is 12.3.